The van der Waals surface area contributed by atoms with Crippen LogP contribution in [0.3, 0.4) is 0 Å². The predicted molar refractivity (Wildman–Crippen MR) is 67.7 cm³/mol. The molecule has 2 aromatic rings. The first-order valence-electron chi connectivity index (χ1n) is 4.77. The third kappa shape index (κ3) is 2.78. The Kier molecular flexibility index (Phi) is 3.36. The quantitative estimate of drug-likeness (QED) is 0.849. The molecular formula is C11H9Cl2N3O. The van der Waals surface area contributed by atoms with E-state index < -0.39 is 0 Å². The van der Waals surface area contributed by atoms with Gasteiger partial charge in [0.25, 0.3) is 0 Å². The monoisotopic (exact) mass is 269 g/mol. The topological polar surface area (TPSA) is 61.0 Å². The van der Waals surface area contributed by atoms with Gasteiger partial charge in [-0.3, -0.25) is 0 Å². The predicted octanol–water partition coefficient (Wildman–Crippen LogP) is 3.47. The fourth-order valence-electron chi connectivity index (χ4n) is 1.23. The minimum absolute atomic E-state index is 0.343. The van der Waals surface area contributed by atoms with Gasteiger partial charge in [-0.1, -0.05) is 23.2 Å². The van der Waals surface area contributed by atoms with Crippen LogP contribution in [0.4, 0.5) is 5.69 Å². The number of halogens is 2. The number of aromatic nitrogens is 2. The Labute approximate surface area is 108 Å². The van der Waals surface area contributed by atoms with Crippen LogP contribution >= 0.6 is 23.2 Å². The van der Waals surface area contributed by atoms with E-state index in [0.717, 1.165) is 0 Å². The van der Waals surface area contributed by atoms with E-state index in [1.165, 1.54) is 0 Å². The summed E-state index contributed by atoms with van der Waals surface area (Å²) < 4.78 is 5.51. The molecule has 1 aromatic heterocycles. The molecule has 2 N–H and O–H groups in total. The average Bonchev–Trinajstić information content (AvgIpc) is 2.26. The number of nitrogens with two attached hydrogens (primary N) is 1. The highest BCUT2D eigenvalue weighted by Crippen LogP contribution is 2.37. The molecule has 0 spiro atoms. The molecule has 0 fully saturated rings. The number of hydrogen-bond donors (Lipinski definition) is 1. The minimum atomic E-state index is 0.343. The molecule has 17 heavy (non-hydrogen) atoms. The van der Waals surface area contributed by atoms with Crippen LogP contribution < -0.4 is 10.5 Å². The van der Waals surface area contributed by atoms with Crippen LogP contribution in [-0.2, 0) is 0 Å². The van der Waals surface area contributed by atoms with E-state index in [4.69, 9.17) is 33.7 Å². The summed E-state index contributed by atoms with van der Waals surface area (Å²) >= 11 is 12.0. The Morgan fingerprint density at radius 1 is 1.12 bits per heavy atom. The van der Waals surface area contributed by atoms with E-state index in [2.05, 4.69) is 9.97 Å². The molecule has 0 unspecified atom stereocenters. The molecule has 0 saturated heterocycles. The fourth-order valence-corrected chi connectivity index (χ4v) is 1.81. The van der Waals surface area contributed by atoms with Gasteiger partial charge in [0.2, 0.25) is 0 Å². The Morgan fingerprint density at radius 3 is 2.18 bits per heavy atom. The maximum atomic E-state index is 5.99. The molecule has 0 bridgehead atoms. The first-order valence-corrected chi connectivity index (χ1v) is 5.53. The van der Waals surface area contributed by atoms with Crippen molar-refractivity contribution in [2.45, 2.75) is 6.92 Å². The Morgan fingerprint density at radius 2 is 1.65 bits per heavy atom. The Bertz CT molecular complexity index is 520. The molecule has 2 rings (SSSR count). The lowest BCUT2D eigenvalue weighted by Gasteiger charge is -2.09. The number of aryl methyl sites for hydroxylation is 1. The molecule has 0 atom stereocenters. The average molecular weight is 270 g/mol. The van der Waals surface area contributed by atoms with Crippen molar-refractivity contribution in [2.24, 2.45) is 0 Å². The SMILES string of the molecule is Cc1ncc(Oc2c(Cl)cc(N)cc2Cl)cn1. The normalized spacial score (nSPS) is 10.3. The Balaban J connectivity index is 2.33. The number of nitrogens with zero attached hydrogens (tertiary/aromatic N) is 2. The van der Waals surface area contributed by atoms with Crippen molar-refractivity contribution in [3.63, 3.8) is 0 Å². The smallest absolute Gasteiger partial charge is 0.164 e. The van der Waals surface area contributed by atoms with E-state index in [1.807, 2.05) is 0 Å². The lowest BCUT2D eigenvalue weighted by molar-refractivity contribution is 0.477. The molecule has 88 valence electrons. The molecule has 0 saturated carbocycles. The molecule has 4 nitrogen and oxygen atoms in total. The molecule has 0 aliphatic rings. The van der Waals surface area contributed by atoms with Gasteiger partial charge in [-0.25, -0.2) is 9.97 Å². The molecule has 0 aliphatic carbocycles. The highest BCUT2D eigenvalue weighted by Gasteiger charge is 2.10. The number of nitrogen functional groups attached to an aromatic ring is 1. The summed E-state index contributed by atoms with van der Waals surface area (Å²) in [6, 6.07) is 3.13. The molecule has 0 amide bonds. The summed E-state index contributed by atoms with van der Waals surface area (Å²) in [4.78, 5) is 8.01. The van der Waals surface area contributed by atoms with Gasteiger partial charge in [-0.2, -0.15) is 0 Å². The zero-order valence-corrected chi connectivity index (χ0v) is 10.5. The number of hydrogen-bond acceptors (Lipinski definition) is 4. The van der Waals surface area contributed by atoms with Crippen LogP contribution in [-0.4, -0.2) is 9.97 Å². The van der Waals surface area contributed by atoms with Crippen LogP contribution in [0.15, 0.2) is 24.5 Å². The van der Waals surface area contributed by atoms with Crippen molar-refractivity contribution in [2.75, 3.05) is 5.73 Å². The van der Waals surface area contributed by atoms with Gasteiger partial charge < -0.3 is 10.5 Å². The van der Waals surface area contributed by atoms with Crippen LogP contribution in [0, 0.1) is 6.92 Å². The second kappa shape index (κ2) is 4.77. The van der Waals surface area contributed by atoms with Crippen molar-refractivity contribution in [3.8, 4) is 11.5 Å². The van der Waals surface area contributed by atoms with Gasteiger partial charge >= 0.3 is 0 Å². The van der Waals surface area contributed by atoms with Crippen molar-refractivity contribution in [3.05, 3.63) is 40.4 Å². The molecule has 1 aromatic carbocycles. The zero-order chi connectivity index (χ0) is 12.4. The number of anilines is 1. The molecule has 1 heterocycles. The lowest BCUT2D eigenvalue weighted by Crippen LogP contribution is -1.92. The third-order valence-electron chi connectivity index (χ3n) is 2.00. The Hall–Kier alpha value is -1.52. The van der Waals surface area contributed by atoms with Crippen LogP contribution in [0.1, 0.15) is 5.82 Å². The van der Waals surface area contributed by atoms with Crippen LogP contribution in [0.5, 0.6) is 11.5 Å². The van der Waals surface area contributed by atoms with Crippen molar-refractivity contribution < 1.29 is 4.74 Å². The first kappa shape index (κ1) is 12.0. The van der Waals surface area contributed by atoms with Gasteiger partial charge in [-0.05, 0) is 19.1 Å². The number of ether oxygens (including phenoxy) is 1. The maximum absolute atomic E-state index is 5.99. The zero-order valence-electron chi connectivity index (χ0n) is 8.95. The molecular weight excluding hydrogens is 261 g/mol. The van der Waals surface area contributed by atoms with E-state index >= 15 is 0 Å². The van der Waals surface area contributed by atoms with Crippen LogP contribution in [0.2, 0.25) is 10.0 Å². The summed E-state index contributed by atoms with van der Waals surface area (Å²) in [6.07, 6.45) is 3.09. The second-order valence-electron chi connectivity index (χ2n) is 3.38. The minimum Gasteiger partial charge on any atom is -0.451 e. The lowest BCUT2D eigenvalue weighted by atomic mass is 10.3. The summed E-state index contributed by atoms with van der Waals surface area (Å²) in [5.74, 6) is 1.46. The summed E-state index contributed by atoms with van der Waals surface area (Å²) in [5.41, 5.74) is 6.07. The van der Waals surface area contributed by atoms with Gasteiger partial charge in [-0.15, -0.1) is 0 Å². The van der Waals surface area contributed by atoms with E-state index in [-0.39, 0.29) is 0 Å². The summed E-state index contributed by atoms with van der Waals surface area (Å²) in [7, 11) is 0. The summed E-state index contributed by atoms with van der Waals surface area (Å²) in [5, 5.41) is 0.686. The van der Waals surface area contributed by atoms with E-state index in [1.54, 1.807) is 31.5 Å². The second-order valence-corrected chi connectivity index (χ2v) is 4.20. The third-order valence-corrected chi connectivity index (χ3v) is 2.56. The van der Waals surface area contributed by atoms with Gasteiger partial charge in [0.1, 0.15) is 5.82 Å². The standard InChI is InChI=1S/C11H9Cl2N3O/c1-6-15-4-8(5-16-6)17-11-9(12)2-7(14)3-10(11)13/h2-5H,14H2,1H3. The summed E-state index contributed by atoms with van der Waals surface area (Å²) in [6.45, 7) is 1.78. The molecule has 0 radical (unpaired) electrons. The molecule has 6 heteroatoms. The van der Waals surface area contributed by atoms with Crippen molar-refractivity contribution in [1.29, 1.82) is 0 Å². The van der Waals surface area contributed by atoms with E-state index in [9.17, 15) is 0 Å². The van der Waals surface area contributed by atoms with E-state index in [0.29, 0.717) is 33.1 Å². The van der Waals surface area contributed by atoms with Crippen molar-refractivity contribution >= 4 is 28.9 Å². The van der Waals surface area contributed by atoms with Crippen LogP contribution in [0.25, 0.3) is 0 Å². The molecule has 0 aliphatic heterocycles. The highest BCUT2D eigenvalue weighted by atomic mass is 35.5. The fraction of sp³-hybridized carbons (Fsp3) is 0.0909. The highest BCUT2D eigenvalue weighted by molar-refractivity contribution is 6.37. The van der Waals surface area contributed by atoms with Gasteiger partial charge in [0.15, 0.2) is 11.5 Å². The first-order chi connectivity index (χ1) is 8.06. The van der Waals surface area contributed by atoms with Gasteiger partial charge in [0, 0.05) is 5.69 Å². The number of benzene rings is 1. The number of rotatable bonds is 2. The van der Waals surface area contributed by atoms with Crippen molar-refractivity contribution in [1.82, 2.24) is 9.97 Å². The maximum Gasteiger partial charge on any atom is 0.164 e. The van der Waals surface area contributed by atoms with Gasteiger partial charge in [0.05, 0.1) is 22.4 Å². The largest absolute Gasteiger partial charge is 0.451 e.